The van der Waals surface area contributed by atoms with Gasteiger partial charge >= 0.3 is 0 Å². The Bertz CT molecular complexity index is 1130. The van der Waals surface area contributed by atoms with Gasteiger partial charge in [0.15, 0.2) is 12.1 Å². The predicted molar refractivity (Wildman–Crippen MR) is 88.7 cm³/mol. The van der Waals surface area contributed by atoms with Gasteiger partial charge in [0.25, 0.3) is 5.56 Å². The van der Waals surface area contributed by atoms with E-state index in [4.69, 9.17) is 11.6 Å². The lowest BCUT2D eigenvalue weighted by atomic mass is 10.2. The van der Waals surface area contributed by atoms with Crippen LogP contribution in [0.2, 0.25) is 5.02 Å². The fourth-order valence-electron chi connectivity index (χ4n) is 2.73. The van der Waals surface area contributed by atoms with E-state index in [-0.39, 0.29) is 22.0 Å². The molecule has 0 fully saturated rings. The molecule has 0 spiro atoms. The van der Waals surface area contributed by atoms with Crippen molar-refractivity contribution in [1.82, 2.24) is 14.0 Å². The van der Waals surface area contributed by atoms with Crippen molar-refractivity contribution >= 4 is 34.3 Å². The van der Waals surface area contributed by atoms with E-state index in [1.165, 1.54) is 16.8 Å². The normalized spacial score (nSPS) is 11.2. The Kier molecular flexibility index (Phi) is 3.02. The van der Waals surface area contributed by atoms with Crippen molar-refractivity contribution in [2.75, 3.05) is 0 Å². The molecule has 1 aromatic carbocycles. The number of halogens is 1. The number of aromatic nitrogens is 3. The zero-order valence-corrected chi connectivity index (χ0v) is 12.6. The second-order valence-electron chi connectivity index (χ2n) is 5.08. The highest BCUT2D eigenvalue weighted by Gasteiger charge is 2.14. The van der Waals surface area contributed by atoms with Crippen molar-refractivity contribution < 1.29 is 4.79 Å². The number of nitrogens with zero attached hydrogens (tertiary/aromatic N) is 3. The number of fused-ring (bicyclic) bond motifs is 3. The summed E-state index contributed by atoms with van der Waals surface area (Å²) in [6.07, 6.45) is 5.44. The maximum absolute atomic E-state index is 12.8. The third kappa shape index (κ3) is 1.98. The fourth-order valence-corrected chi connectivity index (χ4v) is 2.92. The van der Waals surface area contributed by atoms with Gasteiger partial charge < -0.3 is 4.40 Å². The highest BCUT2D eigenvalue weighted by Crippen LogP contribution is 2.20. The smallest absolute Gasteiger partial charge is 0.280 e. The number of benzene rings is 1. The van der Waals surface area contributed by atoms with E-state index in [0.717, 1.165) is 10.9 Å². The molecule has 3 aromatic heterocycles. The van der Waals surface area contributed by atoms with Gasteiger partial charge in [-0.15, -0.1) is 0 Å². The molecule has 0 aliphatic heterocycles. The summed E-state index contributed by atoms with van der Waals surface area (Å²) in [6, 6.07) is 11.1. The quantitative estimate of drug-likeness (QED) is 0.533. The number of hydrogen-bond acceptors (Lipinski definition) is 3. The average molecular weight is 324 g/mol. The maximum Gasteiger partial charge on any atom is 0.280 e. The van der Waals surface area contributed by atoms with E-state index in [1.807, 2.05) is 34.7 Å². The molecule has 23 heavy (non-hydrogen) atoms. The molecule has 0 unspecified atom stereocenters. The Balaban J connectivity index is 2.09. The molecule has 4 rings (SSSR count). The van der Waals surface area contributed by atoms with Crippen LogP contribution in [-0.4, -0.2) is 20.2 Å². The molecule has 112 valence electrons. The molecule has 0 saturated carbocycles. The zero-order valence-electron chi connectivity index (χ0n) is 11.8. The molecule has 3 heterocycles. The van der Waals surface area contributed by atoms with Crippen LogP contribution in [0.15, 0.2) is 59.8 Å². The van der Waals surface area contributed by atoms with Gasteiger partial charge in [0.2, 0.25) is 0 Å². The Morgan fingerprint density at radius 1 is 1.09 bits per heavy atom. The van der Waals surface area contributed by atoms with Crippen LogP contribution in [0.1, 0.15) is 10.4 Å². The molecule has 0 saturated heterocycles. The summed E-state index contributed by atoms with van der Waals surface area (Å²) in [7, 11) is 0. The molecule has 5 nitrogen and oxygen atoms in total. The van der Waals surface area contributed by atoms with Crippen molar-refractivity contribution in [2.24, 2.45) is 0 Å². The first-order valence-corrected chi connectivity index (χ1v) is 7.30. The summed E-state index contributed by atoms with van der Waals surface area (Å²) in [5.41, 5.74) is 1.38. The van der Waals surface area contributed by atoms with Gasteiger partial charge in [0.1, 0.15) is 5.52 Å². The molecule has 0 aliphatic carbocycles. The SMILES string of the molecule is O=Cc1c(Cl)ccnc1-n1ccn2c(cc3ccccc32)c1=O. The van der Waals surface area contributed by atoms with Crippen LogP contribution in [0.4, 0.5) is 0 Å². The van der Waals surface area contributed by atoms with Crippen molar-refractivity contribution in [3.8, 4) is 5.82 Å². The molecule has 4 aromatic rings. The number of aldehydes is 1. The van der Waals surface area contributed by atoms with Crippen molar-refractivity contribution in [3.63, 3.8) is 0 Å². The van der Waals surface area contributed by atoms with Gasteiger partial charge in [0.05, 0.1) is 16.1 Å². The van der Waals surface area contributed by atoms with Crippen LogP contribution >= 0.6 is 11.6 Å². The van der Waals surface area contributed by atoms with Gasteiger partial charge in [-0.05, 0) is 18.2 Å². The lowest BCUT2D eigenvalue weighted by Gasteiger charge is -2.09. The highest BCUT2D eigenvalue weighted by atomic mass is 35.5. The largest absolute Gasteiger partial charge is 0.310 e. The molecule has 0 N–H and O–H groups in total. The average Bonchev–Trinajstić information content (AvgIpc) is 2.95. The third-order valence-electron chi connectivity index (χ3n) is 3.81. The Morgan fingerprint density at radius 3 is 2.74 bits per heavy atom. The summed E-state index contributed by atoms with van der Waals surface area (Å²) in [5, 5.41) is 1.23. The monoisotopic (exact) mass is 323 g/mol. The molecular weight excluding hydrogens is 314 g/mol. The summed E-state index contributed by atoms with van der Waals surface area (Å²) in [5.74, 6) is 0.227. The summed E-state index contributed by atoms with van der Waals surface area (Å²) >= 11 is 6.02. The number of pyridine rings is 1. The van der Waals surface area contributed by atoms with Gasteiger partial charge in [-0.25, -0.2) is 4.98 Å². The van der Waals surface area contributed by atoms with Crippen LogP contribution in [0, 0.1) is 0 Å². The molecular formula is C17H10ClN3O2. The molecule has 6 heteroatoms. The van der Waals surface area contributed by atoms with Crippen molar-refractivity contribution in [1.29, 1.82) is 0 Å². The van der Waals surface area contributed by atoms with Crippen LogP contribution in [0.5, 0.6) is 0 Å². The first-order valence-electron chi connectivity index (χ1n) is 6.92. The molecule has 0 atom stereocenters. The summed E-state index contributed by atoms with van der Waals surface area (Å²) in [6.45, 7) is 0. The number of carbonyl (C=O) groups is 1. The van der Waals surface area contributed by atoms with Gasteiger partial charge in [-0.3, -0.25) is 14.2 Å². The first kappa shape index (κ1) is 13.7. The van der Waals surface area contributed by atoms with E-state index in [9.17, 15) is 9.59 Å². The molecule has 0 aliphatic rings. The second kappa shape index (κ2) is 5.07. The molecule has 0 bridgehead atoms. The van der Waals surface area contributed by atoms with Crippen molar-refractivity contribution in [3.05, 3.63) is 75.9 Å². The zero-order chi connectivity index (χ0) is 16.0. The van der Waals surface area contributed by atoms with Gasteiger partial charge in [-0.2, -0.15) is 0 Å². The summed E-state index contributed by atoms with van der Waals surface area (Å²) in [4.78, 5) is 28.3. The van der Waals surface area contributed by atoms with E-state index in [0.29, 0.717) is 11.8 Å². The number of rotatable bonds is 2. The highest BCUT2D eigenvalue weighted by molar-refractivity contribution is 6.33. The predicted octanol–water partition coefficient (Wildman–Crippen LogP) is 3.10. The number of carbonyl (C=O) groups excluding carboxylic acids is 1. The standard InChI is InChI=1S/C17H10ClN3O2/c18-13-5-6-19-16(12(13)10-22)21-8-7-20-14-4-2-1-3-11(14)9-15(20)17(21)23/h1-10H. The van der Waals surface area contributed by atoms with E-state index < -0.39 is 0 Å². The number of para-hydroxylation sites is 1. The molecule has 0 amide bonds. The second-order valence-corrected chi connectivity index (χ2v) is 5.49. The van der Waals surface area contributed by atoms with Crippen LogP contribution in [0.3, 0.4) is 0 Å². The van der Waals surface area contributed by atoms with Gasteiger partial charge in [0, 0.05) is 24.0 Å². The number of hydrogen-bond donors (Lipinski definition) is 0. The Morgan fingerprint density at radius 2 is 1.91 bits per heavy atom. The van der Waals surface area contributed by atoms with Crippen LogP contribution in [-0.2, 0) is 0 Å². The van der Waals surface area contributed by atoms with Crippen LogP contribution < -0.4 is 5.56 Å². The fraction of sp³-hybridized carbons (Fsp3) is 0. The van der Waals surface area contributed by atoms with Crippen molar-refractivity contribution in [2.45, 2.75) is 0 Å². The lowest BCUT2D eigenvalue weighted by Crippen LogP contribution is -2.21. The maximum atomic E-state index is 12.8. The minimum Gasteiger partial charge on any atom is -0.310 e. The van der Waals surface area contributed by atoms with E-state index >= 15 is 0 Å². The Hall–Kier alpha value is -2.92. The Labute approximate surface area is 135 Å². The first-order chi connectivity index (χ1) is 11.2. The van der Waals surface area contributed by atoms with E-state index in [1.54, 1.807) is 12.4 Å². The van der Waals surface area contributed by atoms with Crippen LogP contribution in [0.25, 0.3) is 22.2 Å². The minimum absolute atomic E-state index is 0.191. The topological polar surface area (TPSA) is 56.4 Å². The third-order valence-corrected chi connectivity index (χ3v) is 4.14. The minimum atomic E-state index is -0.262. The summed E-state index contributed by atoms with van der Waals surface area (Å²) < 4.78 is 3.16. The molecule has 0 radical (unpaired) electrons. The van der Waals surface area contributed by atoms with Gasteiger partial charge in [-0.1, -0.05) is 29.8 Å². The lowest BCUT2D eigenvalue weighted by molar-refractivity contribution is 0.112. The van der Waals surface area contributed by atoms with E-state index in [2.05, 4.69) is 4.98 Å².